The molecule has 16 heavy (non-hydrogen) atoms. The van der Waals surface area contributed by atoms with Crippen LogP contribution in [0.3, 0.4) is 0 Å². The number of rotatable bonds is 2. The molecule has 3 rings (SSSR count). The van der Waals surface area contributed by atoms with E-state index in [0.29, 0.717) is 0 Å². The minimum Gasteiger partial charge on any atom is -0.372 e. The van der Waals surface area contributed by atoms with E-state index in [1.165, 1.54) is 31.6 Å². The highest BCUT2D eigenvalue weighted by atomic mass is 15.1. The molecule has 0 saturated carbocycles. The van der Waals surface area contributed by atoms with E-state index in [0.717, 1.165) is 11.4 Å². The number of hydrogen-bond donors (Lipinski definition) is 1. The molecule has 82 valence electrons. The number of benzene rings is 1. The molecule has 0 radical (unpaired) electrons. The summed E-state index contributed by atoms with van der Waals surface area (Å²) < 4.78 is 0. The zero-order valence-electron chi connectivity index (χ0n) is 9.19. The summed E-state index contributed by atoms with van der Waals surface area (Å²) in [5, 5.41) is 0. The van der Waals surface area contributed by atoms with Crippen molar-refractivity contribution in [3.63, 3.8) is 0 Å². The molecule has 0 aliphatic carbocycles. The van der Waals surface area contributed by atoms with Gasteiger partial charge in [-0.3, -0.25) is 0 Å². The Morgan fingerprint density at radius 1 is 1.06 bits per heavy atom. The van der Waals surface area contributed by atoms with Crippen molar-refractivity contribution in [2.24, 2.45) is 0 Å². The molecule has 1 aromatic carbocycles. The Balaban J connectivity index is 1.84. The van der Waals surface area contributed by atoms with Crippen LogP contribution in [0.1, 0.15) is 12.8 Å². The highest BCUT2D eigenvalue weighted by molar-refractivity contribution is 5.60. The molecule has 1 aromatic heterocycles. The first-order valence-electron chi connectivity index (χ1n) is 5.78. The van der Waals surface area contributed by atoms with E-state index >= 15 is 0 Å². The van der Waals surface area contributed by atoms with Crippen LogP contribution in [-0.4, -0.2) is 23.1 Å². The molecule has 0 atom stereocenters. The van der Waals surface area contributed by atoms with Crippen LogP contribution < -0.4 is 4.90 Å². The van der Waals surface area contributed by atoms with Gasteiger partial charge in [0.1, 0.15) is 5.82 Å². The van der Waals surface area contributed by atoms with E-state index in [1.54, 1.807) is 6.20 Å². The average Bonchev–Trinajstić information content (AvgIpc) is 3.03. The summed E-state index contributed by atoms with van der Waals surface area (Å²) in [5.74, 6) is 0.938. The lowest BCUT2D eigenvalue weighted by Gasteiger charge is -2.17. The monoisotopic (exact) mass is 213 g/mol. The molecule has 3 nitrogen and oxygen atoms in total. The molecule has 1 aliphatic rings. The third kappa shape index (κ3) is 1.69. The highest BCUT2D eigenvalue weighted by Crippen LogP contribution is 2.23. The maximum absolute atomic E-state index is 4.24. The number of aromatic nitrogens is 2. The lowest BCUT2D eigenvalue weighted by atomic mass is 10.2. The highest BCUT2D eigenvalue weighted by Gasteiger charge is 2.11. The van der Waals surface area contributed by atoms with Crippen molar-refractivity contribution in [1.82, 2.24) is 9.97 Å². The van der Waals surface area contributed by atoms with Crippen LogP contribution in [0.5, 0.6) is 0 Å². The predicted octanol–water partition coefficient (Wildman–Crippen LogP) is 2.68. The van der Waals surface area contributed by atoms with Gasteiger partial charge in [0.15, 0.2) is 0 Å². The Morgan fingerprint density at radius 3 is 2.44 bits per heavy atom. The lowest BCUT2D eigenvalue weighted by molar-refractivity contribution is 0.949. The Labute approximate surface area is 95.1 Å². The molecule has 2 heterocycles. The van der Waals surface area contributed by atoms with Crippen molar-refractivity contribution in [1.29, 1.82) is 0 Å². The minimum atomic E-state index is 0.938. The Hall–Kier alpha value is -1.77. The Morgan fingerprint density at radius 2 is 1.81 bits per heavy atom. The fraction of sp³-hybridized carbons (Fsp3) is 0.308. The van der Waals surface area contributed by atoms with Gasteiger partial charge >= 0.3 is 0 Å². The topological polar surface area (TPSA) is 31.9 Å². The molecule has 1 fully saturated rings. The molecule has 3 heteroatoms. The molecule has 0 bridgehead atoms. The molecule has 0 amide bonds. The van der Waals surface area contributed by atoms with Crippen molar-refractivity contribution < 1.29 is 0 Å². The van der Waals surface area contributed by atoms with Gasteiger partial charge in [-0.1, -0.05) is 0 Å². The molecular weight excluding hydrogens is 198 g/mol. The first kappa shape index (κ1) is 9.46. The average molecular weight is 213 g/mol. The second-order valence-electron chi connectivity index (χ2n) is 4.18. The first-order chi connectivity index (χ1) is 7.93. The van der Waals surface area contributed by atoms with E-state index in [9.17, 15) is 0 Å². The van der Waals surface area contributed by atoms with Crippen molar-refractivity contribution >= 4 is 5.69 Å². The smallest absolute Gasteiger partial charge is 0.137 e. The number of aromatic amines is 1. The molecular formula is C13H15N3. The van der Waals surface area contributed by atoms with Gasteiger partial charge in [-0.05, 0) is 37.1 Å². The van der Waals surface area contributed by atoms with Gasteiger partial charge in [-0.15, -0.1) is 0 Å². The normalized spacial score (nSPS) is 15.6. The van der Waals surface area contributed by atoms with Crippen LogP contribution in [0.25, 0.3) is 11.4 Å². The summed E-state index contributed by atoms with van der Waals surface area (Å²) in [6, 6.07) is 8.63. The van der Waals surface area contributed by atoms with E-state index in [1.807, 2.05) is 6.20 Å². The number of H-pyrrole nitrogens is 1. The van der Waals surface area contributed by atoms with Crippen molar-refractivity contribution in [3.05, 3.63) is 36.7 Å². The predicted molar refractivity (Wildman–Crippen MR) is 65.5 cm³/mol. The van der Waals surface area contributed by atoms with Gasteiger partial charge in [-0.2, -0.15) is 0 Å². The number of nitrogens with one attached hydrogen (secondary N) is 1. The molecule has 1 saturated heterocycles. The number of imidazole rings is 1. The van der Waals surface area contributed by atoms with Crippen LogP contribution >= 0.6 is 0 Å². The molecule has 0 unspecified atom stereocenters. The molecule has 1 N–H and O–H groups in total. The maximum atomic E-state index is 4.24. The van der Waals surface area contributed by atoms with Crippen LogP contribution in [0.2, 0.25) is 0 Å². The first-order valence-corrected chi connectivity index (χ1v) is 5.78. The van der Waals surface area contributed by atoms with Gasteiger partial charge in [0, 0.05) is 36.7 Å². The number of anilines is 1. The number of hydrogen-bond acceptors (Lipinski definition) is 2. The van der Waals surface area contributed by atoms with Gasteiger partial charge in [0.25, 0.3) is 0 Å². The number of nitrogens with zero attached hydrogens (tertiary/aromatic N) is 2. The quantitative estimate of drug-likeness (QED) is 0.831. The standard InChI is InChI=1S/C13H15N3/c1-2-10-16(9-1)12-5-3-11(4-6-12)13-14-7-8-15-13/h3-8H,1-2,9-10H2,(H,14,15). The van der Waals surface area contributed by atoms with Crippen LogP contribution in [0.15, 0.2) is 36.7 Å². The summed E-state index contributed by atoms with van der Waals surface area (Å²) >= 11 is 0. The summed E-state index contributed by atoms with van der Waals surface area (Å²) in [6.07, 6.45) is 6.27. The zero-order chi connectivity index (χ0) is 10.8. The summed E-state index contributed by atoms with van der Waals surface area (Å²) in [7, 11) is 0. The summed E-state index contributed by atoms with van der Waals surface area (Å²) in [6.45, 7) is 2.39. The van der Waals surface area contributed by atoms with Crippen LogP contribution in [0.4, 0.5) is 5.69 Å². The lowest BCUT2D eigenvalue weighted by Crippen LogP contribution is -2.17. The van der Waals surface area contributed by atoms with Gasteiger partial charge in [0.05, 0.1) is 0 Å². The van der Waals surface area contributed by atoms with Crippen molar-refractivity contribution in [2.45, 2.75) is 12.8 Å². The van der Waals surface area contributed by atoms with Crippen molar-refractivity contribution in [3.8, 4) is 11.4 Å². The summed E-state index contributed by atoms with van der Waals surface area (Å²) in [5.41, 5.74) is 2.47. The van der Waals surface area contributed by atoms with Gasteiger partial charge in [0.2, 0.25) is 0 Å². The summed E-state index contributed by atoms with van der Waals surface area (Å²) in [4.78, 5) is 9.80. The minimum absolute atomic E-state index is 0.938. The SMILES string of the molecule is c1c[nH]c(-c2ccc(N3CCCC3)cc2)n1. The molecule has 0 spiro atoms. The third-order valence-corrected chi connectivity index (χ3v) is 3.11. The Bertz CT molecular complexity index is 439. The van der Waals surface area contributed by atoms with E-state index in [4.69, 9.17) is 0 Å². The van der Waals surface area contributed by atoms with Crippen LogP contribution in [-0.2, 0) is 0 Å². The van der Waals surface area contributed by atoms with E-state index in [-0.39, 0.29) is 0 Å². The fourth-order valence-electron chi connectivity index (χ4n) is 2.23. The third-order valence-electron chi connectivity index (χ3n) is 3.11. The van der Waals surface area contributed by atoms with Gasteiger partial charge < -0.3 is 9.88 Å². The zero-order valence-corrected chi connectivity index (χ0v) is 9.19. The van der Waals surface area contributed by atoms with E-state index in [2.05, 4.69) is 39.1 Å². The van der Waals surface area contributed by atoms with E-state index < -0.39 is 0 Å². The van der Waals surface area contributed by atoms with Crippen LogP contribution in [0, 0.1) is 0 Å². The molecule has 2 aromatic rings. The van der Waals surface area contributed by atoms with Crippen molar-refractivity contribution in [2.75, 3.05) is 18.0 Å². The van der Waals surface area contributed by atoms with Gasteiger partial charge in [-0.25, -0.2) is 4.98 Å². The second-order valence-corrected chi connectivity index (χ2v) is 4.18. The fourth-order valence-corrected chi connectivity index (χ4v) is 2.23. The largest absolute Gasteiger partial charge is 0.372 e. The Kier molecular flexibility index (Phi) is 2.37. The second kappa shape index (κ2) is 4.00. The maximum Gasteiger partial charge on any atom is 0.137 e. The molecule has 1 aliphatic heterocycles.